The molecule has 0 saturated carbocycles. The van der Waals surface area contributed by atoms with E-state index in [-0.39, 0.29) is 0 Å². The second-order valence-corrected chi connectivity index (χ2v) is 4.81. The third-order valence-electron chi connectivity index (χ3n) is 3.48. The lowest BCUT2D eigenvalue weighted by atomic mass is 9.85. The highest BCUT2D eigenvalue weighted by Gasteiger charge is 2.14. The van der Waals surface area contributed by atoms with Crippen LogP contribution >= 0.6 is 0 Å². The Hall–Kier alpha value is -1.86. The number of benzene rings is 1. The molecule has 0 amide bonds. The van der Waals surface area contributed by atoms with Gasteiger partial charge in [-0.15, -0.1) is 26.3 Å². The van der Waals surface area contributed by atoms with Gasteiger partial charge in [-0.1, -0.05) is 30.4 Å². The number of hydrogen-bond acceptors (Lipinski definition) is 1. The maximum atomic E-state index is 5.93. The molecule has 1 heteroatoms. The second kappa shape index (κ2) is 8.34. The first-order valence-corrected chi connectivity index (χ1v) is 7.02. The van der Waals surface area contributed by atoms with Gasteiger partial charge in [-0.05, 0) is 53.5 Å². The summed E-state index contributed by atoms with van der Waals surface area (Å²) in [5, 5.41) is 0. The molecule has 0 aliphatic heterocycles. The normalized spacial score (nSPS) is 10.1. The highest BCUT2D eigenvalue weighted by Crippen LogP contribution is 2.27. The SMILES string of the molecule is C=CCc1cc(CN)c(CC=C)c(CC=C)c1CC=C. The molecule has 1 aromatic rings. The van der Waals surface area contributed by atoms with Gasteiger partial charge in [-0.25, -0.2) is 0 Å². The van der Waals surface area contributed by atoms with Crippen LogP contribution in [0.4, 0.5) is 0 Å². The van der Waals surface area contributed by atoms with Crippen molar-refractivity contribution in [1.82, 2.24) is 0 Å². The second-order valence-electron chi connectivity index (χ2n) is 4.81. The van der Waals surface area contributed by atoms with Gasteiger partial charge < -0.3 is 5.73 Å². The van der Waals surface area contributed by atoms with E-state index in [0.717, 1.165) is 25.7 Å². The van der Waals surface area contributed by atoms with Gasteiger partial charge in [0.15, 0.2) is 0 Å². The molecule has 0 fully saturated rings. The molecular weight excluding hydrogens is 242 g/mol. The maximum absolute atomic E-state index is 5.93. The van der Waals surface area contributed by atoms with Crippen molar-refractivity contribution in [3.63, 3.8) is 0 Å². The zero-order valence-electron chi connectivity index (χ0n) is 12.3. The van der Waals surface area contributed by atoms with Crippen LogP contribution in [0.2, 0.25) is 0 Å². The number of rotatable bonds is 9. The van der Waals surface area contributed by atoms with Crippen LogP contribution in [0.1, 0.15) is 27.8 Å². The summed E-state index contributed by atoms with van der Waals surface area (Å²) < 4.78 is 0. The van der Waals surface area contributed by atoms with E-state index in [0.29, 0.717) is 6.54 Å². The van der Waals surface area contributed by atoms with E-state index >= 15 is 0 Å². The molecule has 0 aromatic heterocycles. The van der Waals surface area contributed by atoms with Crippen LogP contribution in [0.5, 0.6) is 0 Å². The zero-order chi connectivity index (χ0) is 15.0. The summed E-state index contributed by atoms with van der Waals surface area (Å²) in [5.74, 6) is 0. The highest BCUT2D eigenvalue weighted by atomic mass is 14.5. The van der Waals surface area contributed by atoms with E-state index in [1.807, 2.05) is 24.3 Å². The third-order valence-corrected chi connectivity index (χ3v) is 3.48. The molecule has 106 valence electrons. The van der Waals surface area contributed by atoms with Crippen molar-refractivity contribution in [3.8, 4) is 0 Å². The summed E-state index contributed by atoms with van der Waals surface area (Å²) in [6.45, 7) is 16.0. The molecule has 1 rings (SSSR count). The van der Waals surface area contributed by atoms with Crippen molar-refractivity contribution < 1.29 is 0 Å². The first kappa shape index (κ1) is 16.2. The summed E-state index contributed by atoms with van der Waals surface area (Å²) in [7, 11) is 0. The van der Waals surface area contributed by atoms with Gasteiger partial charge in [0.2, 0.25) is 0 Å². The molecule has 0 heterocycles. The molecule has 0 aliphatic rings. The molecule has 0 radical (unpaired) electrons. The van der Waals surface area contributed by atoms with E-state index in [2.05, 4.69) is 32.4 Å². The minimum atomic E-state index is 0.547. The van der Waals surface area contributed by atoms with Crippen molar-refractivity contribution in [3.05, 3.63) is 84.5 Å². The lowest BCUT2D eigenvalue weighted by Crippen LogP contribution is -2.10. The Balaban J connectivity index is 3.58. The molecule has 0 aliphatic carbocycles. The molecule has 0 saturated heterocycles. The molecule has 0 bridgehead atoms. The molecule has 1 nitrogen and oxygen atoms in total. The monoisotopic (exact) mass is 267 g/mol. The van der Waals surface area contributed by atoms with Crippen molar-refractivity contribution in [1.29, 1.82) is 0 Å². The Morgan fingerprint density at radius 3 is 1.60 bits per heavy atom. The van der Waals surface area contributed by atoms with Gasteiger partial charge in [-0.3, -0.25) is 0 Å². The van der Waals surface area contributed by atoms with Crippen LogP contribution < -0.4 is 5.73 Å². The third kappa shape index (κ3) is 3.58. The molecule has 20 heavy (non-hydrogen) atoms. The van der Waals surface area contributed by atoms with Crippen molar-refractivity contribution in [2.75, 3.05) is 0 Å². The quantitative estimate of drug-likeness (QED) is 0.671. The Bertz CT molecular complexity index is 509. The largest absolute Gasteiger partial charge is 0.326 e. The average Bonchev–Trinajstić information content (AvgIpc) is 2.45. The Kier molecular flexibility index (Phi) is 6.75. The van der Waals surface area contributed by atoms with Crippen LogP contribution in [-0.2, 0) is 32.2 Å². The smallest absolute Gasteiger partial charge is 0.0181 e. The van der Waals surface area contributed by atoms with E-state index in [1.54, 1.807) is 0 Å². The standard InChI is InChI=1S/C19H25N/c1-5-9-15-13-16(14-20)18(11-7-3)19(12-8-4)17(15)10-6-2/h5-8,13H,1-4,9-12,14,20H2. The summed E-state index contributed by atoms with van der Waals surface area (Å²) in [6.07, 6.45) is 11.2. The lowest BCUT2D eigenvalue weighted by molar-refractivity contribution is 0.967. The summed E-state index contributed by atoms with van der Waals surface area (Å²) in [5.41, 5.74) is 12.4. The number of nitrogens with two attached hydrogens (primary N) is 1. The molecule has 1 aromatic carbocycles. The Morgan fingerprint density at radius 1 is 0.700 bits per heavy atom. The van der Waals surface area contributed by atoms with Gasteiger partial charge in [0.05, 0.1) is 0 Å². The van der Waals surface area contributed by atoms with Gasteiger partial charge in [0.1, 0.15) is 0 Å². The van der Waals surface area contributed by atoms with Crippen LogP contribution in [0.3, 0.4) is 0 Å². The molecule has 0 atom stereocenters. The highest BCUT2D eigenvalue weighted by molar-refractivity contribution is 5.49. The number of hydrogen-bond donors (Lipinski definition) is 1. The summed E-state index contributed by atoms with van der Waals surface area (Å²) in [4.78, 5) is 0. The lowest BCUT2D eigenvalue weighted by Gasteiger charge is -2.20. The van der Waals surface area contributed by atoms with Crippen molar-refractivity contribution >= 4 is 0 Å². The number of allylic oxidation sites excluding steroid dienone is 4. The van der Waals surface area contributed by atoms with Gasteiger partial charge >= 0.3 is 0 Å². The molecule has 0 spiro atoms. The molecule has 2 N–H and O–H groups in total. The first-order chi connectivity index (χ1) is 9.73. The predicted octanol–water partition coefficient (Wildman–Crippen LogP) is 4.06. The maximum Gasteiger partial charge on any atom is 0.0181 e. The molecular formula is C19H25N. The van der Waals surface area contributed by atoms with Crippen molar-refractivity contribution in [2.24, 2.45) is 5.73 Å². The minimum Gasteiger partial charge on any atom is -0.326 e. The van der Waals surface area contributed by atoms with E-state index in [4.69, 9.17) is 5.73 Å². The summed E-state index contributed by atoms with van der Waals surface area (Å²) in [6, 6.07) is 2.21. The van der Waals surface area contributed by atoms with Gasteiger partial charge in [0, 0.05) is 6.54 Å². The van der Waals surface area contributed by atoms with Crippen molar-refractivity contribution in [2.45, 2.75) is 32.2 Å². The molecule has 0 unspecified atom stereocenters. The van der Waals surface area contributed by atoms with E-state index < -0.39 is 0 Å². The zero-order valence-corrected chi connectivity index (χ0v) is 12.3. The Morgan fingerprint density at radius 2 is 1.15 bits per heavy atom. The van der Waals surface area contributed by atoms with E-state index in [1.165, 1.54) is 27.8 Å². The van der Waals surface area contributed by atoms with Crippen LogP contribution in [0.25, 0.3) is 0 Å². The topological polar surface area (TPSA) is 26.0 Å². The van der Waals surface area contributed by atoms with Crippen LogP contribution in [0, 0.1) is 0 Å². The van der Waals surface area contributed by atoms with E-state index in [9.17, 15) is 0 Å². The van der Waals surface area contributed by atoms with Gasteiger partial charge in [-0.2, -0.15) is 0 Å². The fourth-order valence-electron chi connectivity index (χ4n) is 2.66. The van der Waals surface area contributed by atoms with Crippen LogP contribution in [0.15, 0.2) is 56.7 Å². The minimum absolute atomic E-state index is 0.547. The average molecular weight is 267 g/mol. The Labute approximate surface area is 123 Å². The fraction of sp³-hybridized carbons (Fsp3) is 0.263. The predicted molar refractivity (Wildman–Crippen MR) is 89.9 cm³/mol. The van der Waals surface area contributed by atoms with Gasteiger partial charge in [0.25, 0.3) is 0 Å². The fourth-order valence-corrected chi connectivity index (χ4v) is 2.66. The summed E-state index contributed by atoms with van der Waals surface area (Å²) >= 11 is 0. The van der Waals surface area contributed by atoms with Crippen LogP contribution in [-0.4, -0.2) is 0 Å². The first-order valence-electron chi connectivity index (χ1n) is 7.02.